The number of fused-ring (bicyclic) bond motifs is 1. The summed E-state index contributed by atoms with van der Waals surface area (Å²) in [6, 6.07) is 9.82. The zero-order chi connectivity index (χ0) is 13.8. The molecule has 0 unspecified atom stereocenters. The number of para-hydroxylation sites is 1. The fraction of sp³-hybridized carbons (Fsp3) is 0.214. The molecule has 2 aromatic heterocycles. The van der Waals surface area contributed by atoms with Gasteiger partial charge in [-0.25, -0.2) is 4.98 Å². The Morgan fingerprint density at radius 2 is 2.15 bits per heavy atom. The largest absolute Gasteiger partial charge is 0.392 e. The number of aliphatic hydroxyl groups is 1. The van der Waals surface area contributed by atoms with E-state index >= 15 is 0 Å². The second-order valence-electron chi connectivity index (χ2n) is 4.44. The van der Waals surface area contributed by atoms with E-state index in [1.54, 1.807) is 10.9 Å². The lowest BCUT2D eigenvalue weighted by molar-refractivity contribution is 0.282. The number of pyridine rings is 1. The summed E-state index contributed by atoms with van der Waals surface area (Å²) in [5.74, 6) is 0.714. The third kappa shape index (κ3) is 2.60. The predicted molar refractivity (Wildman–Crippen MR) is 76.2 cm³/mol. The molecule has 6 nitrogen and oxygen atoms in total. The third-order valence-corrected chi connectivity index (χ3v) is 3.08. The van der Waals surface area contributed by atoms with E-state index in [-0.39, 0.29) is 6.61 Å². The highest BCUT2D eigenvalue weighted by molar-refractivity contribution is 5.81. The molecule has 0 saturated heterocycles. The lowest BCUT2D eigenvalue weighted by Crippen LogP contribution is -2.13. The molecule has 20 heavy (non-hydrogen) atoms. The van der Waals surface area contributed by atoms with E-state index in [0.717, 1.165) is 16.5 Å². The van der Waals surface area contributed by atoms with Crippen molar-refractivity contribution in [2.45, 2.75) is 13.2 Å². The Morgan fingerprint density at radius 3 is 2.95 bits per heavy atom. The normalized spacial score (nSPS) is 10.8. The van der Waals surface area contributed by atoms with Crippen molar-refractivity contribution < 1.29 is 5.11 Å². The van der Waals surface area contributed by atoms with Gasteiger partial charge in [0.25, 0.3) is 0 Å². The molecule has 0 saturated carbocycles. The standard InChI is InChI=1S/C14H15N5O/c20-10-12-9-11-3-1-2-4-13(11)17-14(12)15-5-7-19-8-6-16-18-19/h1-4,6,8-9,20H,5,7,10H2,(H,15,17). The minimum absolute atomic E-state index is 0.0382. The van der Waals surface area contributed by atoms with Crippen molar-refractivity contribution in [1.82, 2.24) is 20.0 Å². The van der Waals surface area contributed by atoms with Crippen LogP contribution in [0.15, 0.2) is 42.7 Å². The summed E-state index contributed by atoms with van der Waals surface area (Å²) in [5, 5.41) is 21.4. The number of rotatable bonds is 5. The second kappa shape index (κ2) is 5.66. The Bertz CT molecular complexity index is 696. The Hall–Kier alpha value is -2.47. The van der Waals surface area contributed by atoms with Crippen LogP contribution in [0.4, 0.5) is 5.82 Å². The molecule has 2 heterocycles. The van der Waals surface area contributed by atoms with E-state index in [4.69, 9.17) is 0 Å². The molecule has 1 aromatic carbocycles. The van der Waals surface area contributed by atoms with Crippen molar-refractivity contribution >= 4 is 16.7 Å². The van der Waals surface area contributed by atoms with Crippen LogP contribution in [0.1, 0.15) is 5.56 Å². The predicted octanol–water partition coefficient (Wildman–Crippen LogP) is 1.43. The summed E-state index contributed by atoms with van der Waals surface area (Å²) in [5.41, 5.74) is 1.70. The highest BCUT2D eigenvalue weighted by atomic mass is 16.3. The van der Waals surface area contributed by atoms with Crippen molar-refractivity contribution in [3.63, 3.8) is 0 Å². The van der Waals surface area contributed by atoms with Gasteiger partial charge < -0.3 is 10.4 Å². The number of aromatic nitrogens is 4. The first-order valence-electron chi connectivity index (χ1n) is 6.44. The van der Waals surface area contributed by atoms with Crippen LogP contribution >= 0.6 is 0 Å². The van der Waals surface area contributed by atoms with Gasteiger partial charge in [0.15, 0.2) is 0 Å². The molecule has 6 heteroatoms. The van der Waals surface area contributed by atoms with E-state index in [0.29, 0.717) is 18.9 Å². The van der Waals surface area contributed by atoms with Gasteiger partial charge in [-0.1, -0.05) is 23.4 Å². The molecule has 102 valence electrons. The maximum Gasteiger partial charge on any atom is 0.132 e. The average Bonchev–Trinajstić information content (AvgIpc) is 3.00. The molecule has 2 N–H and O–H groups in total. The number of benzene rings is 1. The monoisotopic (exact) mass is 269 g/mol. The third-order valence-electron chi connectivity index (χ3n) is 3.08. The lowest BCUT2D eigenvalue weighted by Gasteiger charge is -2.11. The van der Waals surface area contributed by atoms with Gasteiger partial charge >= 0.3 is 0 Å². The lowest BCUT2D eigenvalue weighted by atomic mass is 10.1. The Labute approximate surface area is 116 Å². The van der Waals surface area contributed by atoms with Gasteiger partial charge in [0, 0.05) is 23.7 Å². The van der Waals surface area contributed by atoms with Crippen LogP contribution in [0.5, 0.6) is 0 Å². The summed E-state index contributed by atoms with van der Waals surface area (Å²) in [6.07, 6.45) is 3.45. The minimum Gasteiger partial charge on any atom is -0.392 e. The number of nitrogens with one attached hydrogen (secondary N) is 1. The Kier molecular flexibility index (Phi) is 3.56. The maximum atomic E-state index is 9.45. The summed E-state index contributed by atoms with van der Waals surface area (Å²) >= 11 is 0. The number of nitrogens with zero attached hydrogens (tertiary/aromatic N) is 4. The van der Waals surface area contributed by atoms with Crippen LogP contribution in [-0.2, 0) is 13.2 Å². The fourth-order valence-corrected chi connectivity index (χ4v) is 2.07. The SMILES string of the molecule is OCc1cc2ccccc2nc1NCCn1ccnn1. The zero-order valence-corrected chi connectivity index (χ0v) is 10.9. The number of hydrogen-bond donors (Lipinski definition) is 2. The van der Waals surface area contributed by atoms with Crippen molar-refractivity contribution in [2.75, 3.05) is 11.9 Å². The molecule has 0 aliphatic carbocycles. The highest BCUT2D eigenvalue weighted by Gasteiger charge is 2.05. The van der Waals surface area contributed by atoms with Crippen LogP contribution in [0.2, 0.25) is 0 Å². The van der Waals surface area contributed by atoms with Crippen molar-refractivity contribution in [2.24, 2.45) is 0 Å². The molecule has 0 spiro atoms. The smallest absolute Gasteiger partial charge is 0.132 e. The second-order valence-corrected chi connectivity index (χ2v) is 4.44. The van der Waals surface area contributed by atoms with Gasteiger partial charge in [-0.2, -0.15) is 0 Å². The van der Waals surface area contributed by atoms with Gasteiger partial charge in [0.05, 0.1) is 24.9 Å². The summed E-state index contributed by atoms with van der Waals surface area (Å²) < 4.78 is 1.74. The van der Waals surface area contributed by atoms with E-state index in [2.05, 4.69) is 20.6 Å². The molecule has 3 aromatic rings. The van der Waals surface area contributed by atoms with Crippen LogP contribution in [0, 0.1) is 0 Å². The Morgan fingerprint density at radius 1 is 1.25 bits per heavy atom. The zero-order valence-electron chi connectivity index (χ0n) is 10.9. The highest BCUT2D eigenvalue weighted by Crippen LogP contribution is 2.20. The number of hydrogen-bond acceptors (Lipinski definition) is 5. The molecular weight excluding hydrogens is 254 g/mol. The Balaban J connectivity index is 1.78. The summed E-state index contributed by atoms with van der Waals surface area (Å²) in [6.45, 7) is 1.32. The number of aliphatic hydroxyl groups excluding tert-OH is 1. The molecule has 0 radical (unpaired) electrons. The number of anilines is 1. The molecular formula is C14H15N5O. The van der Waals surface area contributed by atoms with Gasteiger partial charge in [-0.15, -0.1) is 5.10 Å². The molecule has 0 amide bonds. The van der Waals surface area contributed by atoms with Crippen molar-refractivity contribution in [3.05, 3.63) is 48.3 Å². The van der Waals surface area contributed by atoms with Gasteiger partial charge in [0.2, 0.25) is 0 Å². The van der Waals surface area contributed by atoms with E-state index < -0.39 is 0 Å². The van der Waals surface area contributed by atoms with Crippen LogP contribution in [0.25, 0.3) is 10.9 Å². The molecule has 0 aliphatic rings. The van der Waals surface area contributed by atoms with Crippen LogP contribution in [-0.4, -0.2) is 31.6 Å². The maximum absolute atomic E-state index is 9.45. The van der Waals surface area contributed by atoms with Crippen LogP contribution < -0.4 is 5.32 Å². The molecule has 0 atom stereocenters. The molecule has 0 aliphatic heterocycles. The first-order valence-corrected chi connectivity index (χ1v) is 6.44. The van der Waals surface area contributed by atoms with E-state index in [1.807, 2.05) is 36.5 Å². The fourth-order valence-electron chi connectivity index (χ4n) is 2.07. The van der Waals surface area contributed by atoms with Gasteiger partial charge in [0.1, 0.15) is 5.82 Å². The summed E-state index contributed by atoms with van der Waals surface area (Å²) in [7, 11) is 0. The van der Waals surface area contributed by atoms with Crippen molar-refractivity contribution in [3.8, 4) is 0 Å². The molecule has 3 rings (SSSR count). The average molecular weight is 269 g/mol. The molecule has 0 fully saturated rings. The molecule has 0 bridgehead atoms. The van der Waals surface area contributed by atoms with Crippen molar-refractivity contribution in [1.29, 1.82) is 0 Å². The first kappa shape index (κ1) is 12.6. The topological polar surface area (TPSA) is 75.9 Å². The van der Waals surface area contributed by atoms with E-state index in [1.165, 1.54) is 0 Å². The van der Waals surface area contributed by atoms with E-state index in [9.17, 15) is 5.11 Å². The quantitative estimate of drug-likeness (QED) is 0.733. The summed E-state index contributed by atoms with van der Waals surface area (Å²) in [4.78, 5) is 4.55. The van der Waals surface area contributed by atoms with Gasteiger partial charge in [-0.05, 0) is 12.1 Å². The minimum atomic E-state index is -0.0382. The van der Waals surface area contributed by atoms with Crippen LogP contribution in [0.3, 0.4) is 0 Å². The van der Waals surface area contributed by atoms with Gasteiger partial charge in [-0.3, -0.25) is 4.68 Å². The first-order chi connectivity index (χ1) is 9.86.